The van der Waals surface area contributed by atoms with Crippen molar-refractivity contribution in [1.29, 1.82) is 0 Å². The summed E-state index contributed by atoms with van der Waals surface area (Å²) in [6, 6.07) is 16.0. The van der Waals surface area contributed by atoms with Crippen molar-refractivity contribution in [3.63, 3.8) is 0 Å². The van der Waals surface area contributed by atoms with Crippen LogP contribution >= 0.6 is 27.5 Å². The lowest BCUT2D eigenvalue weighted by molar-refractivity contribution is 0.0938. The molecule has 2 aromatic carbocycles. The van der Waals surface area contributed by atoms with Gasteiger partial charge < -0.3 is 4.42 Å². The Kier molecular flexibility index (Phi) is 4.26. The van der Waals surface area contributed by atoms with E-state index in [1.165, 1.54) is 10.8 Å². The van der Waals surface area contributed by atoms with E-state index in [0.717, 1.165) is 16.1 Å². The fourth-order valence-corrected chi connectivity index (χ4v) is 3.64. The van der Waals surface area contributed by atoms with Crippen molar-refractivity contribution < 1.29 is 14.0 Å². The van der Waals surface area contributed by atoms with Gasteiger partial charge in [-0.25, -0.2) is 0 Å². The molecule has 0 saturated heterocycles. The maximum Gasteiger partial charge on any atom is 0.298 e. The van der Waals surface area contributed by atoms with Gasteiger partial charge in [-0.3, -0.25) is 14.2 Å². The normalized spacial score (nSPS) is 11.0. The summed E-state index contributed by atoms with van der Waals surface area (Å²) in [4.78, 5) is 24.2. The predicted octanol–water partition coefficient (Wildman–Crippen LogP) is 5.82. The maximum absolute atomic E-state index is 12.9. The summed E-state index contributed by atoms with van der Waals surface area (Å²) < 4.78 is 8.02. The Balaban J connectivity index is 1.77. The first-order valence-electron chi connectivity index (χ1n) is 7.73. The maximum atomic E-state index is 12.9. The molecule has 26 heavy (non-hydrogen) atoms. The molecule has 128 valence electrons. The Morgan fingerprint density at radius 3 is 2.69 bits per heavy atom. The number of halogens is 2. The lowest BCUT2D eigenvalue weighted by Crippen LogP contribution is -2.09. The Bertz CT molecular complexity index is 1160. The number of hydrogen-bond acceptors (Lipinski definition) is 3. The van der Waals surface area contributed by atoms with Gasteiger partial charge >= 0.3 is 0 Å². The number of hydrogen-bond donors (Lipinski definition) is 0. The third-order valence-corrected chi connectivity index (χ3v) is 4.91. The van der Waals surface area contributed by atoms with E-state index < -0.39 is 0 Å². The number of fused-ring (bicyclic) bond motifs is 1. The van der Waals surface area contributed by atoms with Gasteiger partial charge in [0.25, 0.3) is 5.91 Å². The molecule has 0 atom stereocenters. The quantitative estimate of drug-likeness (QED) is 0.386. The molecule has 4 aromatic rings. The molecule has 2 aromatic heterocycles. The number of nitrogens with zero attached hydrogens (tertiary/aromatic N) is 1. The number of benzene rings is 2. The number of carbonyl (C=O) groups excluding carboxylic acids is 2. The van der Waals surface area contributed by atoms with Gasteiger partial charge in [-0.15, -0.1) is 0 Å². The molecule has 0 N–H and O–H groups in total. The summed E-state index contributed by atoms with van der Waals surface area (Å²) >= 11 is 9.61. The SMILES string of the molecule is O=Cc1cn(C(=O)c2ccc(-c3ccc(Br)cc3Cl)o2)c2ccccc12. The number of aldehydes is 1. The Hall–Kier alpha value is -2.63. The molecule has 4 rings (SSSR count). The van der Waals surface area contributed by atoms with E-state index in [2.05, 4.69) is 15.9 Å². The third-order valence-electron chi connectivity index (χ3n) is 4.10. The van der Waals surface area contributed by atoms with Gasteiger partial charge in [0.2, 0.25) is 0 Å². The van der Waals surface area contributed by atoms with E-state index in [-0.39, 0.29) is 11.7 Å². The van der Waals surface area contributed by atoms with Gasteiger partial charge in [0.1, 0.15) is 5.76 Å². The average molecular weight is 429 g/mol. The number of para-hydroxylation sites is 1. The monoisotopic (exact) mass is 427 g/mol. The first-order chi connectivity index (χ1) is 12.6. The number of carbonyl (C=O) groups is 2. The second-order valence-corrected chi connectivity index (χ2v) is 7.01. The highest BCUT2D eigenvalue weighted by atomic mass is 79.9. The van der Waals surface area contributed by atoms with E-state index in [9.17, 15) is 9.59 Å². The summed E-state index contributed by atoms with van der Waals surface area (Å²) in [5, 5.41) is 1.24. The molecule has 0 aliphatic carbocycles. The summed E-state index contributed by atoms with van der Waals surface area (Å²) in [5.74, 6) is 0.309. The van der Waals surface area contributed by atoms with Crippen LogP contribution in [0.1, 0.15) is 20.9 Å². The van der Waals surface area contributed by atoms with Crippen molar-refractivity contribution in [3.8, 4) is 11.3 Å². The molecule has 4 nitrogen and oxygen atoms in total. The van der Waals surface area contributed by atoms with Crippen molar-refractivity contribution in [3.05, 3.63) is 81.6 Å². The Morgan fingerprint density at radius 2 is 1.92 bits per heavy atom. The van der Waals surface area contributed by atoms with Crippen LogP contribution in [0.4, 0.5) is 0 Å². The van der Waals surface area contributed by atoms with E-state index in [1.54, 1.807) is 30.3 Å². The fraction of sp³-hybridized carbons (Fsp3) is 0. The molecule has 0 unspecified atom stereocenters. The molecule has 0 aliphatic rings. The fourth-order valence-electron chi connectivity index (χ4n) is 2.87. The zero-order chi connectivity index (χ0) is 18.3. The zero-order valence-electron chi connectivity index (χ0n) is 13.3. The molecule has 0 aliphatic heterocycles. The smallest absolute Gasteiger partial charge is 0.298 e. The van der Waals surface area contributed by atoms with Crippen molar-refractivity contribution in [1.82, 2.24) is 4.57 Å². The second-order valence-electron chi connectivity index (χ2n) is 5.68. The van der Waals surface area contributed by atoms with Gasteiger partial charge in [0.05, 0.1) is 10.5 Å². The van der Waals surface area contributed by atoms with E-state index in [4.69, 9.17) is 16.0 Å². The number of rotatable bonds is 3. The number of aromatic nitrogens is 1. The first kappa shape index (κ1) is 16.8. The molecule has 0 radical (unpaired) electrons. The summed E-state index contributed by atoms with van der Waals surface area (Å²) in [6.07, 6.45) is 2.26. The summed E-state index contributed by atoms with van der Waals surface area (Å²) in [7, 11) is 0. The van der Waals surface area contributed by atoms with Gasteiger partial charge in [-0.05, 0) is 36.4 Å². The zero-order valence-corrected chi connectivity index (χ0v) is 15.6. The van der Waals surface area contributed by atoms with Gasteiger partial charge in [0.15, 0.2) is 12.0 Å². The topological polar surface area (TPSA) is 52.2 Å². The van der Waals surface area contributed by atoms with Crippen LogP contribution in [0, 0.1) is 0 Å². The van der Waals surface area contributed by atoms with Crippen LogP contribution in [0.25, 0.3) is 22.2 Å². The van der Waals surface area contributed by atoms with Crippen LogP contribution in [0.2, 0.25) is 5.02 Å². The first-order valence-corrected chi connectivity index (χ1v) is 8.91. The lowest BCUT2D eigenvalue weighted by atomic mass is 10.2. The molecule has 0 fully saturated rings. The molecule has 0 bridgehead atoms. The second kappa shape index (κ2) is 6.59. The molecular weight excluding hydrogens is 418 g/mol. The highest BCUT2D eigenvalue weighted by Crippen LogP contribution is 2.32. The van der Waals surface area contributed by atoms with Gasteiger partial charge in [-0.1, -0.05) is 45.7 Å². The number of furan rings is 1. The largest absolute Gasteiger partial charge is 0.451 e. The third kappa shape index (κ3) is 2.79. The molecule has 0 saturated carbocycles. The van der Waals surface area contributed by atoms with Crippen LogP contribution in [0.3, 0.4) is 0 Å². The van der Waals surface area contributed by atoms with Gasteiger partial charge in [-0.2, -0.15) is 0 Å². The van der Waals surface area contributed by atoms with E-state index in [0.29, 0.717) is 27.4 Å². The molecule has 2 heterocycles. The van der Waals surface area contributed by atoms with Crippen LogP contribution in [-0.4, -0.2) is 16.8 Å². The molecular formula is C20H11BrClNO3. The average Bonchev–Trinajstić information content (AvgIpc) is 3.26. The van der Waals surface area contributed by atoms with Gasteiger partial charge in [0, 0.05) is 27.2 Å². The lowest BCUT2D eigenvalue weighted by Gasteiger charge is -2.03. The van der Waals surface area contributed by atoms with Crippen molar-refractivity contribution in [2.45, 2.75) is 0 Å². The Morgan fingerprint density at radius 1 is 1.12 bits per heavy atom. The van der Waals surface area contributed by atoms with Crippen LogP contribution in [0.5, 0.6) is 0 Å². The van der Waals surface area contributed by atoms with Crippen molar-refractivity contribution >= 4 is 50.6 Å². The van der Waals surface area contributed by atoms with E-state index >= 15 is 0 Å². The molecule has 6 heteroatoms. The highest BCUT2D eigenvalue weighted by molar-refractivity contribution is 9.10. The molecule has 0 spiro atoms. The van der Waals surface area contributed by atoms with Crippen LogP contribution in [0.15, 0.2) is 69.7 Å². The minimum atomic E-state index is -0.353. The summed E-state index contributed by atoms with van der Waals surface area (Å²) in [5.41, 5.74) is 1.80. The highest BCUT2D eigenvalue weighted by Gasteiger charge is 2.19. The summed E-state index contributed by atoms with van der Waals surface area (Å²) in [6.45, 7) is 0. The minimum Gasteiger partial charge on any atom is -0.451 e. The predicted molar refractivity (Wildman–Crippen MR) is 104 cm³/mol. The van der Waals surface area contributed by atoms with Crippen LogP contribution in [-0.2, 0) is 0 Å². The minimum absolute atomic E-state index is 0.164. The van der Waals surface area contributed by atoms with E-state index in [1.807, 2.05) is 24.3 Å². The van der Waals surface area contributed by atoms with Crippen molar-refractivity contribution in [2.24, 2.45) is 0 Å². The van der Waals surface area contributed by atoms with Crippen molar-refractivity contribution in [2.75, 3.05) is 0 Å². The standard InChI is InChI=1S/C20H11BrClNO3/c21-13-5-6-15(16(22)9-13)18-7-8-19(26-18)20(25)23-10-12(11-24)14-3-1-2-4-17(14)23/h1-11H. The van der Waals surface area contributed by atoms with Crippen LogP contribution < -0.4 is 0 Å². The Labute approximate surface area is 162 Å². The molecule has 0 amide bonds.